The standard InChI is InChI=1S/C23H20N2O2/c26-22-18(13-16-5-1-3-7-20(16)22)15-19-14-17-6-2-4-8-21(17)24-23(19)25-9-11-27-12-10-25/h1-8,14-15H,9-13H2/b18-15+. The number of Topliss-reactive ketones (excluding diaryl/α,β-unsaturated/α-hetero) is 1. The molecule has 2 aliphatic rings. The Morgan fingerprint density at radius 1 is 1.00 bits per heavy atom. The molecule has 0 amide bonds. The van der Waals surface area contributed by atoms with Crippen LogP contribution < -0.4 is 4.90 Å². The summed E-state index contributed by atoms with van der Waals surface area (Å²) in [6.07, 6.45) is 2.72. The number of carbonyl (C=O) groups is 1. The molecular formula is C23H20N2O2. The van der Waals surface area contributed by atoms with Crippen LogP contribution in [0.1, 0.15) is 21.5 Å². The number of aromatic nitrogens is 1. The maximum atomic E-state index is 12.8. The molecule has 134 valence electrons. The summed E-state index contributed by atoms with van der Waals surface area (Å²) in [6, 6.07) is 18.2. The number of carbonyl (C=O) groups excluding carboxylic acids is 1. The second-order valence-corrected chi connectivity index (χ2v) is 7.03. The molecule has 1 aliphatic carbocycles. The van der Waals surface area contributed by atoms with E-state index >= 15 is 0 Å². The normalized spacial score (nSPS) is 18.3. The molecule has 1 aliphatic heterocycles. The molecule has 1 fully saturated rings. The first-order chi connectivity index (χ1) is 13.3. The molecule has 3 aromatic rings. The zero-order valence-electron chi connectivity index (χ0n) is 15.0. The SMILES string of the molecule is O=C1/C(=C/c2cc3ccccc3nc2N2CCOCC2)Cc2ccccc21. The average Bonchev–Trinajstić information content (AvgIpc) is 3.04. The Kier molecular flexibility index (Phi) is 3.98. The minimum atomic E-state index is 0.131. The Morgan fingerprint density at radius 3 is 2.63 bits per heavy atom. The lowest BCUT2D eigenvalue weighted by Crippen LogP contribution is -2.37. The van der Waals surface area contributed by atoms with Crippen molar-refractivity contribution in [2.45, 2.75) is 6.42 Å². The van der Waals surface area contributed by atoms with Gasteiger partial charge in [-0.15, -0.1) is 0 Å². The van der Waals surface area contributed by atoms with Crippen LogP contribution >= 0.6 is 0 Å². The van der Waals surface area contributed by atoms with Gasteiger partial charge in [0.25, 0.3) is 0 Å². The fraction of sp³-hybridized carbons (Fsp3) is 0.217. The van der Waals surface area contributed by atoms with Crippen LogP contribution in [-0.2, 0) is 11.2 Å². The number of hydrogen-bond donors (Lipinski definition) is 0. The number of fused-ring (bicyclic) bond motifs is 2. The Hall–Kier alpha value is -2.98. The number of para-hydroxylation sites is 1. The highest BCUT2D eigenvalue weighted by Gasteiger charge is 2.25. The first-order valence-corrected chi connectivity index (χ1v) is 9.35. The number of morpholine rings is 1. The van der Waals surface area contributed by atoms with Crippen molar-refractivity contribution in [3.8, 4) is 0 Å². The monoisotopic (exact) mass is 356 g/mol. The van der Waals surface area contributed by atoms with Crippen LogP contribution in [0.2, 0.25) is 0 Å². The molecule has 0 saturated carbocycles. The molecule has 4 nitrogen and oxygen atoms in total. The number of benzene rings is 2. The zero-order valence-corrected chi connectivity index (χ0v) is 15.0. The van der Waals surface area contributed by atoms with Crippen LogP contribution in [0.4, 0.5) is 5.82 Å². The summed E-state index contributed by atoms with van der Waals surface area (Å²) in [5, 5.41) is 1.09. The molecule has 1 aromatic heterocycles. The highest BCUT2D eigenvalue weighted by atomic mass is 16.5. The summed E-state index contributed by atoms with van der Waals surface area (Å²) < 4.78 is 5.50. The van der Waals surface area contributed by atoms with E-state index < -0.39 is 0 Å². The van der Waals surface area contributed by atoms with E-state index in [1.807, 2.05) is 48.5 Å². The van der Waals surface area contributed by atoms with Crippen molar-refractivity contribution in [3.05, 3.63) is 76.9 Å². The Bertz CT molecular complexity index is 1060. The van der Waals surface area contributed by atoms with Crippen LogP contribution in [0, 0.1) is 0 Å². The van der Waals surface area contributed by atoms with Gasteiger partial charge in [0.1, 0.15) is 5.82 Å². The fourth-order valence-corrected chi connectivity index (χ4v) is 3.92. The molecule has 0 radical (unpaired) electrons. The highest BCUT2D eigenvalue weighted by molar-refractivity contribution is 6.15. The molecule has 1 saturated heterocycles. The molecule has 27 heavy (non-hydrogen) atoms. The van der Waals surface area contributed by atoms with Gasteiger partial charge in [-0.3, -0.25) is 4.79 Å². The first kappa shape index (κ1) is 16.2. The molecule has 5 rings (SSSR count). The summed E-state index contributed by atoms with van der Waals surface area (Å²) in [7, 11) is 0. The average molecular weight is 356 g/mol. The highest BCUT2D eigenvalue weighted by Crippen LogP contribution is 2.31. The lowest BCUT2D eigenvalue weighted by molar-refractivity contribution is 0.104. The lowest BCUT2D eigenvalue weighted by atomic mass is 10.1. The maximum Gasteiger partial charge on any atom is 0.189 e. The van der Waals surface area contributed by atoms with Crippen LogP contribution in [0.25, 0.3) is 17.0 Å². The first-order valence-electron chi connectivity index (χ1n) is 9.35. The number of ketones is 1. The zero-order chi connectivity index (χ0) is 18.2. The predicted octanol–water partition coefficient (Wildman–Crippen LogP) is 3.89. The quantitative estimate of drug-likeness (QED) is 0.653. The van der Waals surface area contributed by atoms with Gasteiger partial charge in [-0.05, 0) is 23.8 Å². The van der Waals surface area contributed by atoms with E-state index in [4.69, 9.17) is 9.72 Å². The van der Waals surface area contributed by atoms with Crippen molar-refractivity contribution >= 4 is 28.6 Å². The van der Waals surface area contributed by atoms with Gasteiger partial charge >= 0.3 is 0 Å². The second-order valence-electron chi connectivity index (χ2n) is 7.03. The third-order valence-corrected chi connectivity index (χ3v) is 5.31. The molecule has 0 atom stereocenters. The minimum absolute atomic E-state index is 0.131. The third-order valence-electron chi connectivity index (χ3n) is 5.31. The number of rotatable bonds is 2. The van der Waals surface area contributed by atoms with E-state index in [1.54, 1.807) is 0 Å². The summed E-state index contributed by atoms with van der Waals surface area (Å²) >= 11 is 0. The van der Waals surface area contributed by atoms with Gasteiger partial charge < -0.3 is 9.64 Å². The molecule has 2 aromatic carbocycles. The van der Waals surface area contributed by atoms with Crippen LogP contribution in [0.15, 0.2) is 60.2 Å². The molecule has 0 spiro atoms. The largest absolute Gasteiger partial charge is 0.378 e. The van der Waals surface area contributed by atoms with Gasteiger partial charge in [-0.25, -0.2) is 4.98 Å². The molecule has 0 bridgehead atoms. The molecule has 4 heteroatoms. The second kappa shape index (κ2) is 6.63. The van der Waals surface area contributed by atoms with Crippen molar-refractivity contribution in [1.29, 1.82) is 0 Å². The van der Waals surface area contributed by atoms with Crippen LogP contribution in [0.3, 0.4) is 0 Å². The lowest BCUT2D eigenvalue weighted by Gasteiger charge is -2.29. The van der Waals surface area contributed by atoms with E-state index in [0.29, 0.717) is 19.6 Å². The third kappa shape index (κ3) is 2.92. The van der Waals surface area contributed by atoms with Gasteiger partial charge in [0, 0.05) is 41.6 Å². The van der Waals surface area contributed by atoms with Crippen molar-refractivity contribution in [1.82, 2.24) is 4.98 Å². The summed E-state index contributed by atoms with van der Waals surface area (Å²) in [4.78, 5) is 20.0. The van der Waals surface area contributed by atoms with Gasteiger partial charge in [-0.1, -0.05) is 42.5 Å². The summed E-state index contributed by atoms with van der Waals surface area (Å²) in [6.45, 7) is 3.04. The topological polar surface area (TPSA) is 42.4 Å². The van der Waals surface area contributed by atoms with Gasteiger partial charge in [-0.2, -0.15) is 0 Å². The maximum absolute atomic E-state index is 12.8. The number of ether oxygens (including phenoxy) is 1. The smallest absolute Gasteiger partial charge is 0.189 e. The van der Waals surface area contributed by atoms with Crippen molar-refractivity contribution in [2.24, 2.45) is 0 Å². The van der Waals surface area contributed by atoms with Crippen LogP contribution in [0.5, 0.6) is 0 Å². The van der Waals surface area contributed by atoms with Gasteiger partial charge in [0.15, 0.2) is 5.78 Å². The van der Waals surface area contributed by atoms with Crippen molar-refractivity contribution in [3.63, 3.8) is 0 Å². The Balaban J connectivity index is 1.62. The number of hydrogen-bond acceptors (Lipinski definition) is 4. The number of nitrogens with zero attached hydrogens (tertiary/aromatic N) is 2. The number of anilines is 1. The fourth-order valence-electron chi connectivity index (χ4n) is 3.92. The van der Waals surface area contributed by atoms with E-state index in [0.717, 1.165) is 52.1 Å². The van der Waals surface area contributed by atoms with Crippen molar-refractivity contribution < 1.29 is 9.53 Å². The molecular weight excluding hydrogens is 336 g/mol. The van der Waals surface area contributed by atoms with Crippen molar-refractivity contribution in [2.75, 3.05) is 31.2 Å². The minimum Gasteiger partial charge on any atom is -0.378 e. The Labute approximate surface area is 158 Å². The Morgan fingerprint density at radius 2 is 1.78 bits per heavy atom. The number of allylic oxidation sites excluding steroid dienone is 1. The molecule has 0 unspecified atom stereocenters. The predicted molar refractivity (Wildman–Crippen MR) is 107 cm³/mol. The van der Waals surface area contributed by atoms with E-state index in [-0.39, 0.29) is 5.78 Å². The van der Waals surface area contributed by atoms with Crippen LogP contribution in [-0.4, -0.2) is 37.1 Å². The summed E-state index contributed by atoms with van der Waals surface area (Å²) in [5.74, 6) is 1.07. The van der Waals surface area contributed by atoms with E-state index in [1.165, 1.54) is 0 Å². The van der Waals surface area contributed by atoms with Gasteiger partial charge in [0.2, 0.25) is 0 Å². The number of pyridine rings is 1. The van der Waals surface area contributed by atoms with Gasteiger partial charge in [0.05, 0.1) is 18.7 Å². The molecule has 0 N–H and O–H groups in total. The summed E-state index contributed by atoms with van der Waals surface area (Å²) in [5.41, 5.74) is 4.75. The van der Waals surface area contributed by atoms with E-state index in [2.05, 4.69) is 17.0 Å². The van der Waals surface area contributed by atoms with E-state index in [9.17, 15) is 4.79 Å². The molecule has 2 heterocycles.